The van der Waals surface area contributed by atoms with Crippen LogP contribution in [0.2, 0.25) is 10.0 Å². The zero-order valence-electron chi connectivity index (χ0n) is 9.22. The minimum Gasteiger partial charge on any atom is -0.0837 e. The van der Waals surface area contributed by atoms with Gasteiger partial charge in [0.25, 0.3) is 0 Å². The summed E-state index contributed by atoms with van der Waals surface area (Å²) < 4.78 is 0. The number of halogens is 2. The van der Waals surface area contributed by atoms with Gasteiger partial charge in [0.15, 0.2) is 0 Å². The van der Waals surface area contributed by atoms with E-state index in [0.29, 0.717) is 0 Å². The Morgan fingerprint density at radius 3 is 1.38 bits per heavy atom. The van der Waals surface area contributed by atoms with Gasteiger partial charge in [-0.05, 0) is 37.1 Å². The van der Waals surface area contributed by atoms with Gasteiger partial charge >= 0.3 is 0 Å². The molecule has 0 aliphatic heterocycles. The van der Waals surface area contributed by atoms with Crippen molar-refractivity contribution in [2.45, 2.75) is 13.8 Å². The molecule has 0 heterocycles. The average Bonchev–Trinajstić information content (AvgIpc) is 2.21. The van der Waals surface area contributed by atoms with Gasteiger partial charge < -0.3 is 0 Å². The Morgan fingerprint density at radius 2 is 1.06 bits per heavy atom. The van der Waals surface area contributed by atoms with Crippen LogP contribution in [0.15, 0.2) is 36.4 Å². The van der Waals surface area contributed by atoms with Crippen LogP contribution >= 0.6 is 23.2 Å². The van der Waals surface area contributed by atoms with Crippen molar-refractivity contribution in [2.75, 3.05) is 0 Å². The summed E-state index contributed by atoms with van der Waals surface area (Å²) in [5, 5.41) is 1.49. The van der Waals surface area contributed by atoms with Crippen molar-refractivity contribution in [3.63, 3.8) is 0 Å². The third-order valence-electron chi connectivity index (χ3n) is 2.69. The first-order valence-corrected chi connectivity index (χ1v) is 5.87. The SMILES string of the molecule is Cc1cccc(Cl)c1-c1c(C)cccc1Cl. The van der Waals surface area contributed by atoms with Gasteiger partial charge in [0.1, 0.15) is 0 Å². The molecule has 0 amide bonds. The van der Waals surface area contributed by atoms with Gasteiger partial charge in [0.05, 0.1) is 0 Å². The van der Waals surface area contributed by atoms with Crippen LogP contribution < -0.4 is 0 Å². The fourth-order valence-electron chi connectivity index (χ4n) is 1.90. The van der Waals surface area contributed by atoms with Crippen LogP contribution in [0, 0.1) is 13.8 Å². The Morgan fingerprint density at radius 1 is 0.688 bits per heavy atom. The quantitative estimate of drug-likeness (QED) is 0.647. The van der Waals surface area contributed by atoms with E-state index in [-0.39, 0.29) is 0 Å². The molecule has 2 rings (SSSR count). The van der Waals surface area contributed by atoms with E-state index in [1.54, 1.807) is 0 Å². The van der Waals surface area contributed by atoms with E-state index in [4.69, 9.17) is 23.2 Å². The van der Waals surface area contributed by atoms with E-state index >= 15 is 0 Å². The van der Waals surface area contributed by atoms with Crippen LogP contribution in [0.3, 0.4) is 0 Å². The van der Waals surface area contributed by atoms with Gasteiger partial charge in [-0.1, -0.05) is 47.5 Å². The Balaban J connectivity index is 2.77. The standard InChI is InChI=1S/C14H12Cl2/c1-9-5-3-7-11(15)13(9)14-10(2)6-4-8-12(14)16/h3-8H,1-2H3. The predicted molar refractivity (Wildman–Crippen MR) is 71.4 cm³/mol. The maximum atomic E-state index is 6.25. The summed E-state index contributed by atoms with van der Waals surface area (Å²) in [6, 6.07) is 11.8. The van der Waals surface area contributed by atoms with E-state index in [0.717, 1.165) is 32.3 Å². The van der Waals surface area contributed by atoms with Gasteiger partial charge in [-0.2, -0.15) is 0 Å². The molecule has 0 N–H and O–H groups in total. The van der Waals surface area contributed by atoms with E-state index in [2.05, 4.69) is 0 Å². The first-order chi connectivity index (χ1) is 7.61. The molecule has 2 aromatic carbocycles. The smallest absolute Gasteiger partial charge is 0.0487 e. The van der Waals surface area contributed by atoms with E-state index < -0.39 is 0 Å². The summed E-state index contributed by atoms with van der Waals surface area (Å²) in [4.78, 5) is 0. The topological polar surface area (TPSA) is 0 Å². The second-order valence-electron chi connectivity index (χ2n) is 3.86. The summed E-state index contributed by atoms with van der Waals surface area (Å²) in [6.45, 7) is 4.09. The fraction of sp³-hybridized carbons (Fsp3) is 0.143. The van der Waals surface area contributed by atoms with Gasteiger partial charge in [-0.25, -0.2) is 0 Å². The van der Waals surface area contributed by atoms with Crippen molar-refractivity contribution >= 4 is 23.2 Å². The summed E-state index contributed by atoms with van der Waals surface area (Å²) >= 11 is 12.5. The largest absolute Gasteiger partial charge is 0.0837 e. The Labute approximate surface area is 106 Å². The summed E-state index contributed by atoms with van der Waals surface area (Å²) in [6.07, 6.45) is 0. The zero-order valence-corrected chi connectivity index (χ0v) is 10.7. The van der Waals surface area contributed by atoms with Crippen LogP contribution in [0.25, 0.3) is 11.1 Å². The Hall–Kier alpha value is -0.980. The van der Waals surface area contributed by atoms with Crippen LogP contribution in [0.5, 0.6) is 0 Å². The molecule has 82 valence electrons. The van der Waals surface area contributed by atoms with E-state index in [1.807, 2.05) is 50.2 Å². The van der Waals surface area contributed by atoms with Crippen molar-refractivity contribution in [1.29, 1.82) is 0 Å². The third-order valence-corrected chi connectivity index (χ3v) is 3.32. The number of hydrogen-bond acceptors (Lipinski definition) is 0. The maximum Gasteiger partial charge on any atom is 0.0487 e. The monoisotopic (exact) mass is 250 g/mol. The number of hydrogen-bond donors (Lipinski definition) is 0. The molecule has 0 aliphatic rings. The molecule has 0 aliphatic carbocycles. The highest BCUT2D eigenvalue weighted by Crippen LogP contribution is 2.37. The van der Waals surface area contributed by atoms with Crippen molar-refractivity contribution in [1.82, 2.24) is 0 Å². The van der Waals surface area contributed by atoms with Gasteiger partial charge in [-0.3, -0.25) is 0 Å². The van der Waals surface area contributed by atoms with Crippen molar-refractivity contribution in [3.05, 3.63) is 57.6 Å². The Kier molecular flexibility index (Phi) is 3.22. The lowest BCUT2D eigenvalue weighted by Gasteiger charge is -2.13. The first kappa shape index (κ1) is 11.5. The molecule has 2 aromatic rings. The molecular formula is C14H12Cl2. The summed E-state index contributed by atoms with van der Waals surface area (Å²) in [5.41, 5.74) is 4.35. The lowest BCUT2D eigenvalue weighted by Crippen LogP contribution is -1.89. The van der Waals surface area contributed by atoms with E-state index in [1.165, 1.54) is 0 Å². The highest BCUT2D eigenvalue weighted by molar-refractivity contribution is 6.36. The lowest BCUT2D eigenvalue weighted by atomic mass is 9.96. The Bertz CT molecular complexity index is 440. The normalized spacial score (nSPS) is 10.5. The third kappa shape index (κ3) is 1.95. The molecule has 0 saturated heterocycles. The molecule has 0 fully saturated rings. The van der Waals surface area contributed by atoms with Crippen LogP contribution in [0.1, 0.15) is 11.1 Å². The molecule has 0 aromatic heterocycles. The molecule has 0 bridgehead atoms. The zero-order chi connectivity index (χ0) is 11.7. The number of benzene rings is 2. The molecule has 0 atom stereocenters. The molecule has 0 spiro atoms. The fourth-order valence-corrected chi connectivity index (χ4v) is 2.53. The summed E-state index contributed by atoms with van der Waals surface area (Å²) in [7, 11) is 0. The van der Waals surface area contributed by atoms with Crippen LogP contribution in [-0.4, -0.2) is 0 Å². The molecule has 0 radical (unpaired) electrons. The maximum absolute atomic E-state index is 6.25. The average molecular weight is 251 g/mol. The summed E-state index contributed by atoms with van der Waals surface area (Å²) in [5.74, 6) is 0. The molecule has 16 heavy (non-hydrogen) atoms. The van der Waals surface area contributed by atoms with E-state index in [9.17, 15) is 0 Å². The lowest BCUT2D eigenvalue weighted by molar-refractivity contribution is 1.41. The second-order valence-corrected chi connectivity index (χ2v) is 4.68. The van der Waals surface area contributed by atoms with Crippen molar-refractivity contribution in [2.24, 2.45) is 0 Å². The highest BCUT2D eigenvalue weighted by atomic mass is 35.5. The minimum atomic E-state index is 0.746. The highest BCUT2D eigenvalue weighted by Gasteiger charge is 2.12. The van der Waals surface area contributed by atoms with Gasteiger partial charge in [0.2, 0.25) is 0 Å². The van der Waals surface area contributed by atoms with Gasteiger partial charge in [0, 0.05) is 21.2 Å². The molecule has 0 nitrogen and oxygen atoms in total. The van der Waals surface area contributed by atoms with Crippen molar-refractivity contribution < 1.29 is 0 Å². The molecule has 2 heteroatoms. The van der Waals surface area contributed by atoms with Crippen LogP contribution in [0.4, 0.5) is 0 Å². The molecule has 0 unspecified atom stereocenters. The van der Waals surface area contributed by atoms with Crippen molar-refractivity contribution in [3.8, 4) is 11.1 Å². The number of rotatable bonds is 1. The molecule has 0 saturated carbocycles. The van der Waals surface area contributed by atoms with Gasteiger partial charge in [-0.15, -0.1) is 0 Å². The van der Waals surface area contributed by atoms with Crippen LogP contribution in [-0.2, 0) is 0 Å². The second kappa shape index (κ2) is 4.48. The number of aryl methyl sites for hydroxylation is 2. The molecular weight excluding hydrogens is 239 g/mol. The predicted octanol–water partition coefficient (Wildman–Crippen LogP) is 5.28. The first-order valence-electron chi connectivity index (χ1n) is 5.12. The minimum absolute atomic E-state index is 0.746.